The second-order valence-corrected chi connectivity index (χ2v) is 5.78. The van der Waals surface area contributed by atoms with Gasteiger partial charge in [-0.25, -0.2) is 5.43 Å². The number of nitrogens with one attached hydrogen (secondary N) is 1. The number of hydrazone groups is 1. The van der Waals surface area contributed by atoms with E-state index in [0.717, 1.165) is 11.1 Å². The number of aryl methyl sites for hydroxylation is 2. The lowest BCUT2D eigenvalue weighted by Crippen LogP contribution is -2.25. The Morgan fingerprint density at radius 3 is 2.48 bits per heavy atom. The van der Waals surface area contributed by atoms with Crippen LogP contribution in [0.3, 0.4) is 0 Å². The van der Waals surface area contributed by atoms with Gasteiger partial charge in [-0.1, -0.05) is 36.9 Å². The van der Waals surface area contributed by atoms with E-state index in [9.17, 15) is 4.79 Å². The van der Waals surface area contributed by atoms with Crippen LogP contribution in [0.5, 0.6) is 17.2 Å². The molecule has 0 saturated carbocycles. The van der Waals surface area contributed by atoms with Crippen LogP contribution >= 0.6 is 0 Å². The molecule has 0 fully saturated rings. The van der Waals surface area contributed by atoms with Crippen molar-refractivity contribution in [2.75, 3.05) is 20.3 Å². The first-order valence-electron chi connectivity index (χ1n) is 8.48. The summed E-state index contributed by atoms with van der Waals surface area (Å²) in [5.41, 5.74) is 5.08. The summed E-state index contributed by atoms with van der Waals surface area (Å²) in [4.78, 5) is 12.0. The van der Waals surface area contributed by atoms with Crippen LogP contribution in [-0.2, 0) is 4.79 Å². The van der Waals surface area contributed by atoms with E-state index in [1.54, 1.807) is 19.3 Å². The molecule has 0 unspecified atom stereocenters. The molecule has 0 radical (unpaired) electrons. The lowest BCUT2D eigenvalue weighted by Gasteiger charge is -2.12. The van der Waals surface area contributed by atoms with Crippen LogP contribution < -0.4 is 19.6 Å². The van der Waals surface area contributed by atoms with Crippen LogP contribution in [0.2, 0.25) is 0 Å². The molecule has 0 atom stereocenters. The predicted octanol–water partition coefficient (Wildman–Crippen LogP) is 3.41. The molecule has 0 aromatic heterocycles. The number of ether oxygens (including phenoxy) is 3. The third-order valence-corrected chi connectivity index (χ3v) is 3.72. The van der Waals surface area contributed by atoms with Crippen molar-refractivity contribution in [3.63, 3.8) is 0 Å². The number of benzene rings is 2. The second-order valence-electron chi connectivity index (χ2n) is 5.78. The van der Waals surface area contributed by atoms with E-state index in [1.807, 2.05) is 44.2 Å². The van der Waals surface area contributed by atoms with Crippen molar-refractivity contribution < 1.29 is 19.0 Å². The average Bonchev–Trinajstić information content (AvgIpc) is 2.66. The summed E-state index contributed by atoms with van der Waals surface area (Å²) in [5.74, 6) is 1.46. The molecule has 0 aliphatic carbocycles. The standard InChI is InChI=1S/C21H24N2O4/c1-5-12-26-21-17(10-7-11-18(21)25-4)13-22-23-19(24)14-27-20-15(2)8-6-9-16(20)3/h5-11,13H,1,12,14H2,2-4H3,(H,23,24)/b22-13-. The van der Waals surface area contributed by atoms with Gasteiger partial charge in [-0.3, -0.25) is 4.79 Å². The molecule has 2 aromatic carbocycles. The van der Waals surface area contributed by atoms with Crippen LogP contribution in [0.1, 0.15) is 16.7 Å². The number of hydrogen-bond donors (Lipinski definition) is 1. The Morgan fingerprint density at radius 1 is 1.11 bits per heavy atom. The van der Waals surface area contributed by atoms with Gasteiger partial charge in [0.2, 0.25) is 0 Å². The quantitative estimate of drug-likeness (QED) is 0.418. The monoisotopic (exact) mass is 368 g/mol. The van der Waals surface area contributed by atoms with Gasteiger partial charge in [-0.2, -0.15) is 5.10 Å². The summed E-state index contributed by atoms with van der Waals surface area (Å²) < 4.78 is 16.5. The molecule has 0 spiro atoms. The molecular weight excluding hydrogens is 344 g/mol. The summed E-state index contributed by atoms with van der Waals surface area (Å²) in [7, 11) is 1.56. The molecular formula is C21H24N2O4. The molecule has 0 aliphatic rings. The number of hydrogen-bond acceptors (Lipinski definition) is 5. The van der Waals surface area contributed by atoms with Crippen LogP contribution in [0.25, 0.3) is 0 Å². The first kappa shape index (κ1) is 20.0. The molecule has 1 N–H and O–H groups in total. The number of methoxy groups -OCH3 is 1. The summed E-state index contributed by atoms with van der Waals surface area (Å²) in [5, 5.41) is 3.98. The van der Waals surface area contributed by atoms with Crippen LogP contribution in [0.15, 0.2) is 54.2 Å². The van der Waals surface area contributed by atoms with Crippen LogP contribution in [0, 0.1) is 13.8 Å². The fourth-order valence-corrected chi connectivity index (χ4v) is 2.46. The second kappa shape index (κ2) is 10.0. The maximum Gasteiger partial charge on any atom is 0.277 e. The Morgan fingerprint density at radius 2 is 1.81 bits per heavy atom. The number of carbonyl (C=O) groups excluding carboxylic acids is 1. The third kappa shape index (κ3) is 5.60. The van der Waals surface area contributed by atoms with Crippen LogP contribution in [-0.4, -0.2) is 32.4 Å². The van der Waals surface area contributed by atoms with Gasteiger partial charge in [0.05, 0.1) is 13.3 Å². The summed E-state index contributed by atoms with van der Waals surface area (Å²) in [6.45, 7) is 7.71. The van der Waals surface area contributed by atoms with Gasteiger partial charge in [0.1, 0.15) is 12.4 Å². The van der Waals surface area contributed by atoms with Crippen molar-refractivity contribution >= 4 is 12.1 Å². The maximum atomic E-state index is 12.0. The largest absolute Gasteiger partial charge is 0.493 e. The zero-order valence-electron chi connectivity index (χ0n) is 15.8. The Balaban J connectivity index is 1.98. The minimum atomic E-state index is -0.356. The number of nitrogens with zero attached hydrogens (tertiary/aromatic N) is 1. The van der Waals surface area contributed by atoms with E-state index in [0.29, 0.717) is 29.4 Å². The topological polar surface area (TPSA) is 69.2 Å². The summed E-state index contributed by atoms with van der Waals surface area (Å²) in [6.07, 6.45) is 3.14. The highest BCUT2D eigenvalue weighted by Crippen LogP contribution is 2.30. The summed E-state index contributed by atoms with van der Waals surface area (Å²) >= 11 is 0. The zero-order valence-corrected chi connectivity index (χ0v) is 15.8. The van der Waals surface area contributed by atoms with E-state index in [1.165, 1.54) is 6.21 Å². The van der Waals surface area contributed by atoms with Crippen molar-refractivity contribution in [3.8, 4) is 17.2 Å². The fourth-order valence-electron chi connectivity index (χ4n) is 2.46. The van der Waals surface area contributed by atoms with Gasteiger partial charge in [-0.15, -0.1) is 0 Å². The first-order chi connectivity index (χ1) is 13.1. The number of para-hydroxylation sites is 2. The Labute approximate surface area is 159 Å². The third-order valence-electron chi connectivity index (χ3n) is 3.72. The average molecular weight is 368 g/mol. The minimum absolute atomic E-state index is 0.124. The highest BCUT2D eigenvalue weighted by molar-refractivity contribution is 5.86. The molecule has 0 saturated heterocycles. The van der Waals surface area contributed by atoms with Crippen molar-refractivity contribution in [2.45, 2.75) is 13.8 Å². The lowest BCUT2D eigenvalue weighted by molar-refractivity contribution is -0.123. The van der Waals surface area contributed by atoms with E-state index >= 15 is 0 Å². The van der Waals surface area contributed by atoms with E-state index in [4.69, 9.17) is 14.2 Å². The molecule has 2 aromatic rings. The zero-order chi connectivity index (χ0) is 19.6. The SMILES string of the molecule is C=CCOc1c(/C=N\NC(=O)COc2c(C)cccc2C)cccc1OC. The molecule has 0 aliphatic heterocycles. The Kier molecular flexibility index (Phi) is 7.43. The van der Waals surface area contributed by atoms with Gasteiger partial charge in [0.25, 0.3) is 5.91 Å². The molecule has 6 nitrogen and oxygen atoms in total. The van der Waals surface area contributed by atoms with Crippen molar-refractivity contribution in [2.24, 2.45) is 5.10 Å². The first-order valence-corrected chi connectivity index (χ1v) is 8.48. The van der Waals surface area contributed by atoms with Crippen molar-refractivity contribution in [3.05, 3.63) is 65.7 Å². The van der Waals surface area contributed by atoms with Gasteiger partial charge in [0.15, 0.2) is 18.1 Å². The Bertz CT molecular complexity index is 811. The number of carbonyl (C=O) groups is 1. The summed E-state index contributed by atoms with van der Waals surface area (Å²) in [6, 6.07) is 11.2. The molecule has 0 heterocycles. The molecule has 142 valence electrons. The van der Waals surface area contributed by atoms with Gasteiger partial charge in [0, 0.05) is 5.56 Å². The molecule has 1 amide bonds. The highest BCUT2D eigenvalue weighted by Gasteiger charge is 2.09. The maximum absolute atomic E-state index is 12.0. The van der Waals surface area contributed by atoms with Gasteiger partial charge in [-0.05, 0) is 37.1 Å². The lowest BCUT2D eigenvalue weighted by atomic mass is 10.1. The molecule has 6 heteroatoms. The molecule has 2 rings (SSSR count). The smallest absolute Gasteiger partial charge is 0.277 e. The van der Waals surface area contributed by atoms with Crippen molar-refractivity contribution in [1.29, 1.82) is 0 Å². The predicted molar refractivity (Wildman–Crippen MR) is 106 cm³/mol. The highest BCUT2D eigenvalue weighted by atomic mass is 16.5. The Hall–Kier alpha value is -3.28. The fraction of sp³-hybridized carbons (Fsp3) is 0.238. The molecule has 0 bridgehead atoms. The van der Waals surface area contributed by atoms with E-state index in [-0.39, 0.29) is 12.5 Å². The number of amides is 1. The van der Waals surface area contributed by atoms with Gasteiger partial charge >= 0.3 is 0 Å². The van der Waals surface area contributed by atoms with Crippen molar-refractivity contribution in [1.82, 2.24) is 5.43 Å². The van der Waals surface area contributed by atoms with E-state index < -0.39 is 0 Å². The van der Waals surface area contributed by atoms with Crippen LogP contribution in [0.4, 0.5) is 0 Å². The molecule has 27 heavy (non-hydrogen) atoms. The van der Waals surface area contributed by atoms with E-state index in [2.05, 4.69) is 17.1 Å². The van der Waals surface area contributed by atoms with Gasteiger partial charge < -0.3 is 14.2 Å². The minimum Gasteiger partial charge on any atom is -0.493 e. The number of rotatable bonds is 9. The normalized spacial score (nSPS) is 10.5.